The van der Waals surface area contributed by atoms with Crippen LogP contribution in [-0.2, 0) is 4.74 Å². The molecule has 1 fully saturated rings. The second kappa shape index (κ2) is 6.57. The van der Waals surface area contributed by atoms with Crippen molar-refractivity contribution in [3.05, 3.63) is 29.8 Å². The molecule has 122 valence electrons. The average molecular weight is 307 g/mol. The summed E-state index contributed by atoms with van der Waals surface area (Å²) in [7, 11) is 0. The third kappa shape index (κ3) is 4.37. The van der Waals surface area contributed by atoms with Crippen LogP contribution in [0.25, 0.3) is 0 Å². The Hall–Kier alpha value is -1.75. The molecule has 1 aromatic carbocycles. The third-order valence-corrected chi connectivity index (χ3v) is 3.77. The topological polar surface area (TPSA) is 70.0 Å². The maximum Gasteiger partial charge on any atom is 0.410 e. The highest BCUT2D eigenvalue weighted by atomic mass is 16.6. The molecule has 2 atom stereocenters. The van der Waals surface area contributed by atoms with Crippen LogP contribution in [0.2, 0.25) is 0 Å². The van der Waals surface area contributed by atoms with Gasteiger partial charge in [-0.1, -0.05) is 12.1 Å². The van der Waals surface area contributed by atoms with E-state index >= 15 is 0 Å². The summed E-state index contributed by atoms with van der Waals surface area (Å²) in [6.07, 6.45) is 0.647. The molecule has 0 saturated carbocycles. The van der Waals surface area contributed by atoms with Gasteiger partial charge in [0.1, 0.15) is 11.4 Å². The Morgan fingerprint density at radius 2 is 2.14 bits per heavy atom. The highest BCUT2D eigenvalue weighted by molar-refractivity contribution is 5.68. The molecular weight excluding hydrogens is 282 g/mol. The molecule has 2 N–H and O–H groups in total. The Morgan fingerprint density at radius 3 is 2.77 bits per heavy atom. The zero-order chi connectivity index (χ0) is 16.3. The zero-order valence-corrected chi connectivity index (χ0v) is 13.5. The number of benzene rings is 1. The van der Waals surface area contributed by atoms with Crippen molar-refractivity contribution >= 4 is 6.09 Å². The lowest BCUT2D eigenvalue weighted by Gasteiger charge is -2.36. The molecule has 1 saturated heterocycles. The van der Waals surface area contributed by atoms with Crippen LogP contribution in [0.3, 0.4) is 0 Å². The molecule has 2 unspecified atom stereocenters. The number of aromatic hydroxyl groups is 1. The summed E-state index contributed by atoms with van der Waals surface area (Å²) in [4.78, 5) is 13.8. The van der Waals surface area contributed by atoms with Crippen molar-refractivity contribution in [1.82, 2.24) is 4.90 Å². The highest BCUT2D eigenvalue weighted by Gasteiger charge is 2.31. The second-order valence-electron chi connectivity index (χ2n) is 6.87. The van der Waals surface area contributed by atoms with Crippen molar-refractivity contribution in [2.75, 3.05) is 13.1 Å². The number of likely N-dealkylation sites (tertiary alicyclic amines) is 1. The van der Waals surface area contributed by atoms with E-state index in [1.807, 2.05) is 20.8 Å². The molecule has 0 spiro atoms. The fourth-order valence-corrected chi connectivity index (χ4v) is 2.74. The summed E-state index contributed by atoms with van der Waals surface area (Å²) in [5.41, 5.74) is 0.157. The monoisotopic (exact) mass is 307 g/mol. The van der Waals surface area contributed by atoms with E-state index in [1.165, 1.54) is 0 Å². The Balaban J connectivity index is 2.02. The lowest BCUT2D eigenvalue weighted by molar-refractivity contribution is 0.00235. The number of rotatable bonds is 2. The summed E-state index contributed by atoms with van der Waals surface area (Å²) in [6.45, 7) is 6.64. The van der Waals surface area contributed by atoms with Crippen molar-refractivity contribution in [2.45, 2.75) is 45.3 Å². The molecule has 1 heterocycles. The van der Waals surface area contributed by atoms with Gasteiger partial charge in [-0.2, -0.15) is 0 Å². The van der Waals surface area contributed by atoms with E-state index in [4.69, 9.17) is 4.74 Å². The SMILES string of the molecule is CC(C)(C)OC(=O)N1CCCC(C(O)c2cccc(O)c2)C1. The van der Waals surface area contributed by atoms with Crippen LogP contribution in [0.4, 0.5) is 4.79 Å². The van der Waals surface area contributed by atoms with Gasteiger partial charge in [-0.15, -0.1) is 0 Å². The number of aliphatic hydroxyl groups is 1. The lowest BCUT2D eigenvalue weighted by atomic mass is 9.88. The smallest absolute Gasteiger partial charge is 0.410 e. The number of nitrogens with zero attached hydrogens (tertiary/aromatic N) is 1. The standard InChI is InChI=1S/C17H25NO4/c1-17(2,3)22-16(21)18-9-5-7-13(11-18)15(20)12-6-4-8-14(19)10-12/h4,6,8,10,13,15,19-20H,5,7,9,11H2,1-3H3. The minimum absolute atomic E-state index is 0.0527. The molecule has 0 radical (unpaired) electrons. The van der Waals surface area contributed by atoms with Gasteiger partial charge in [-0.3, -0.25) is 0 Å². The van der Waals surface area contributed by atoms with Crippen LogP contribution in [0, 0.1) is 5.92 Å². The highest BCUT2D eigenvalue weighted by Crippen LogP contribution is 2.31. The predicted octanol–water partition coefficient (Wildman–Crippen LogP) is 3.07. The average Bonchev–Trinajstić information content (AvgIpc) is 2.45. The third-order valence-electron chi connectivity index (χ3n) is 3.77. The van der Waals surface area contributed by atoms with Crippen LogP contribution >= 0.6 is 0 Å². The summed E-state index contributed by atoms with van der Waals surface area (Å²) in [6, 6.07) is 6.64. The first-order valence-electron chi connectivity index (χ1n) is 7.71. The molecule has 2 rings (SSSR count). The zero-order valence-electron chi connectivity index (χ0n) is 13.5. The number of hydrogen-bond donors (Lipinski definition) is 2. The number of carbonyl (C=O) groups excluding carboxylic acids is 1. The van der Waals surface area contributed by atoms with Crippen molar-refractivity contribution in [2.24, 2.45) is 5.92 Å². The number of ether oxygens (including phenoxy) is 1. The molecule has 0 bridgehead atoms. The number of carbonyl (C=O) groups is 1. The van der Waals surface area contributed by atoms with Gasteiger partial charge in [0.2, 0.25) is 0 Å². The molecule has 0 aromatic heterocycles. The van der Waals surface area contributed by atoms with Gasteiger partial charge >= 0.3 is 6.09 Å². The van der Waals surface area contributed by atoms with Crippen LogP contribution in [-0.4, -0.2) is 39.9 Å². The Bertz CT molecular complexity index is 524. The summed E-state index contributed by atoms with van der Waals surface area (Å²) < 4.78 is 5.40. The van der Waals surface area contributed by atoms with Gasteiger partial charge in [-0.05, 0) is 51.3 Å². The van der Waals surface area contributed by atoms with Crippen LogP contribution in [0.5, 0.6) is 5.75 Å². The van der Waals surface area contributed by atoms with E-state index < -0.39 is 11.7 Å². The fourth-order valence-electron chi connectivity index (χ4n) is 2.74. The summed E-state index contributed by atoms with van der Waals surface area (Å²) in [5.74, 6) is 0.0828. The number of hydrogen-bond acceptors (Lipinski definition) is 4. The van der Waals surface area contributed by atoms with Crippen LogP contribution in [0.15, 0.2) is 24.3 Å². The maximum absolute atomic E-state index is 12.2. The number of amides is 1. The molecule has 5 heteroatoms. The first-order valence-corrected chi connectivity index (χ1v) is 7.71. The van der Waals surface area contributed by atoms with E-state index in [1.54, 1.807) is 29.2 Å². The molecule has 0 aliphatic carbocycles. The van der Waals surface area contributed by atoms with Crippen LogP contribution in [0.1, 0.15) is 45.3 Å². The fraction of sp³-hybridized carbons (Fsp3) is 0.588. The Morgan fingerprint density at radius 1 is 1.41 bits per heavy atom. The van der Waals surface area contributed by atoms with E-state index in [2.05, 4.69) is 0 Å². The first-order chi connectivity index (χ1) is 10.3. The lowest BCUT2D eigenvalue weighted by Crippen LogP contribution is -2.44. The molecule has 22 heavy (non-hydrogen) atoms. The predicted molar refractivity (Wildman–Crippen MR) is 83.6 cm³/mol. The van der Waals surface area contributed by atoms with Crippen molar-refractivity contribution < 1.29 is 19.7 Å². The van der Waals surface area contributed by atoms with E-state index in [9.17, 15) is 15.0 Å². The van der Waals surface area contributed by atoms with Crippen molar-refractivity contribution in [1.29, 1.82) is 0 Å². The number of aliphatic hydroxyl groups excluding tert-OH is 1. The van der Waals surface area contributed by atoms with Gasteiger partial charge < -0.3 is 19.8 Å². The van der Waals surface area contributed by atoms with E-state index in [0.717, 1.165) is 12.8 Å². The quantitative estimate of drug-likeness (QED) is 0.881. The normalized spacial score (nSPS) is 20.5. The Labute approximate surface area is 131 Å². The molecule has 1 aliphatic rings. The second-order valence-corrected chi connectivity index (χ2v) is 6.87. The number of phenols is 1. The summed E-state index contributed by atoms with van der Waals surface area (Å²) >= 11 is 0. The number of piperidine rings is 1. The van der Waals surface area contributed by atoms with E-state index in [0.29, 0.717) is 18.7 Å². The van der Waals surface area contributed by atoms with Crippen molar-refractivity contribution in [3.63, 3.8) is 0 Å². The molecule has 5 nitrogen and oxygen atoms in total. The molecule has 1 amide bonds. The van der Waals surface area contributed by atoms with Gasteiger partial charge in [0.15, 0.2) is 0 Å². The molecular formula is C17H25NO4. The Kier molecular flexibility index (Phi) is 4.96. The van der Waals surface area contributed by atoms with Gasteiger partial charge in [0.25, 0.3) is 0 Å². The summed E-state index contributed by atoms with van der Waals surface area (Å²) in [5, 5.41) is 20.0. The van der Waals surface area contributed by atoms with Crippen LogP contribution < -0.4 is 0 Å². The maximum atomic E-state index is 12.2. The minimum atomic E-state index is -0.697. The van der Waals surface area contributed by atoms with Crippen molar-refractivity contribution in [3.8, 4) is 5.75 Å². The van der Waals surface area contributed by atoms with Gasteiger partial charge in [0.05, 0.1) is 6.10 Å². The largest absolute Gasteiger partial charge is 0.508 e. The van der Waals surface area contributed by atoms with Gasteiger partial charge in [0, 0.05) is 19.0 Å². The van der Waals surface area contributed by atoms with Gasteiger partial charge in [-0.25, -0.2) is 4.79 Å². The molecule has 1 aliphatic heterocycles. The first kappa shape index (κ1) is 16.6. The number of phenolic OH excluding ortho intramolecular Hbond substituents is 1. The molecule has 1 aromatic rings. The van der Waals surface area contributed by atoms with E-state index in [-0.39, 0.29) is 17.8 Å². The minimum Gasteiger partial charge on any atom is -0.508 e.